The number of hydrogen-bond acceptors (Lipinski definition) is 3. The SMILES string of the molecule is C[C@@H]1C[C@@H]1N1C[C@H](NC(=O)[C@@H]2Cc3ccccc3CN2)CC1=O. The second kappa shape index (κ2) is 5.64. The predicted octanol–water partition coefficient (Wildman–Crippen LogP) is 0.826. The second-order valence-electron chi connectivity index (χ2n) is 7.14. The molecule has 1 saturated carbocycles. The number of nitrogens with one attached hydrogen (secondary N) is 2. The van der Waals surface area contributed by atoms with Gasteiger partial charge in [-0.25, -0.2) is 0 Å². The van der Waals surface area contributed by atoms with Crippen molar-refractivity contribution in [2.24, 2.45) is 5.92 Å². The van der Waals surface area contributed by atoms with Crippen molar-refractivity contribution in [3.63, 3.8) is 0 Å². The highest BCUT2D eigenvalue weighted by atomic mass is 16.2. The normalized spacial score (nSPS) is 32.6. The molecule has 0 bridgehead atoms. The summed E-state index contributed by atoms with van der Waals surface area (Å²) >= 11 is 0. The zero-order valence-electron chi connectivity index (χ0n) is 13.4. The first-order chi connectivity index (χ1) is 11.1. The van der Waals surface area contributed by atoms with Crippen LogP contribution >= 0.6 is 0 Å². The molecule has 2 fully saturated rings. The molecule has 1 aromatic rings. The molecule has 5 nitrogen and oxygen atoms in total. The van der Waals surface area contributed by atoms with Gasteiger partial charge in [0.1, 0.15) is 0 Å². The van der Waals surface area contributed by atoms with Gasteiger partial charge < -0.3 is 15.5 Å². The quantitative estimate of drug-likeness (QED) is 0.869. The van der Waals surface area contributed by atoms with Gasteiger partial charge in [-0.1, -0.05) is 31.2 Å². The van der Waals surface area contributed by atoms with Gasteiger partial charge >= 0.3 is 0 Å². The van der Waals surface area contributed by atoms with Crippen LogP contribution in [-0.4, -0.2) is 41.4 Å². The fourth-order valence-corrected chi connectivity index (χ4v) is 3.83. The zero-order chi connectivity index (χ0) is 16.0. The highest BCUT2D eigenvalue weighted by Crippen LogP contribution is 2.37. The maximum Gasteiger partial charge on any atom is 0.237 e. The lowest BCUT2D eigenvalue weighted by Crippen LogP contribution is -2.51. The summed E-state index contributed by atoms with van der Waals surface area (Å²) in [5.41, 5.74) is 2.50. The van der Waals surface area contributed by atoms with E-state index < -0.39 is 0 Å². The van der Waals surface area contributed by atoms with Crippen molar-refractivity contribution in [3.8, 4) is 0 Å². The predicted molar refractivity (Wildman–Crippen MR) is 86.6 cm³/mol. The molecule has 1 saturated heterocycles. The Hall–Kier alpha value is -1.88. The van der Waals surface area contributed by atoms with E-state index >= 15 is 0 Å². The molecule has 1 aliphatic carbocycles. The van der Waals surface area contributed by atoms with E-state index in [0.717, 1.165) is 13.0 Å². The lowest BCUT2D eigenvalue weighted by Gasteiger charge is -2.26. The van der Waals surface area contributed by atoms with Gasteiger partial charge in [-0.05, 0) is 29.9 Å². The molecule has 4 rings (SSSR count). The van der Waals surface area contributed by atoms with Crippen molar-refractivity contribution in [1.82, 2.24) is 15.5 Å². The van der Waals surface area contributed by atoms with Crippen molar-refractivity contribution in [2.45, 2.75) is 50.9 Å². The maximum absolute atomic E-state index is 12.5. The summed E-state index contributed by atoms with van der Waals surface area (Å²) in [5.74, 6) is 0.819. The number of nitrogens with zero attached hydrogens (tertiary/aromatic N) is 1. The molecule has 1 aromatic carbocycles. The first-order valence-electron chi connectivity index (χ1n) is 8.52. The molecule has 2 N–H and O–H groups in total. The minimum Gasteiger partial charge on any atom is -0.350 e. The van der Waals surface area contributed by atoms with Crippen LogP contribution in [0.15, 0.2) is 24.3 Å². The van der Waals surface area contributed by atoms with Gasteiger partial charge in [-0.2, -0.15) is 0 Å². The number of fused-ring (bicyclic) bond motifs is 1. The molecular weight excluding hydrogens is 290 g/mol. The van der Waals surface area contributed by atoms with Crippen LogP contribution in [0.2, 0.25) is 0 Å². The first-order valence-corrected chi connectivity index (χ1v) is 8.52. The van der Waals surface area contributed by atoms with E-state index in [-0.39, 0.29) is 23.9 Å². The number of rotatable bonds is 3. The summed E-state index contributed by atoms with van der Waals surface area (Å²) in [6.07, 6.45) is 2.26. The molecule has 4 atom stereocenters. The van der Waals surface area contributed by atoms with E-state index in [1.807, 2.05) is 17.0 Å². The van der Waals surface area contributed by atoms with E-state index in [2.05, 4.69) is 29.7 Å². The standard InChI is InChI=1S/C18H23N3O2/c1-11-6-16(11)21-10-14(8-17(21)22)20-18(23)15-7-12-4-2-3-5-13(12)9-19-15/h2-5,11,14-16,19H,6-10H2,1H3,(H,20,23)/t11-,14-,15+,16+/m1/s1. The average molecular weight is 313 g/mol. The Labute approximate surface area is 136 Å². The van der Waals surface area contributed by atoms with Crippen LogP contribution in [0.3, 0.4) is 0 Å². The van der Waals surface area contributed by atoms with Crippen molar-refractivity contribution in [1.29, 1.82) is 0 Å². The van der Waals surface area contributed by atoms with Crippen LogP contribution in [0.25, 0.3) is 0 Å². The summed E-state index contributed by atoms with van der Waals surface area (Å²) in [7, 11) is 0. The number of likely N-dealkylation sites (tertiary alicyclic amines) is 1. The third-order valence-electron chi connectivity index (χ3n) is 5.37. The van der Waals surface area contributed by atoms with Gasteiger partial charge in [0.2, 0.25) is 11.8 Å². The van der Waals surface area contributed by atoms with Crippen LogP contribution in [0.4, 0.5) is 0 Å². The molecule has 23 heavy (non-hydrogen) atoms. The van der Waals surface area contributed by atoms with Gasteiger partial charge in [0, 0.05) is 25.6 Å². The first kappa shape index (κ1) is 14.7. The third kappa shape index (κ3) is 2.85. The van der Waals surface area contributed by atoms with Gasteiger partial charge in [0.25, 0.3) is 0 Å². The Morgan fingerprint density at radius 3 is 2.74 bits per heavy atom. The van der Waals surface area contributed by atoms with Crippen molar-refractivity contribution >= 4 is 11.8 Å². The number of benzene rings is 1. The van der Waals surface area contributed by atoms with Gasteiger partial charge in [-0.15, -0.1) is 0 Å². The maximum atomic E-state index is 12.5. The summed E-state index contributed by atoms with van der Waals surface area (Å²) in [5, 5.41) is 6.38. The highest BCUT2D eigenvalue weighted by Gasteiger charge is 2.45. The van der Waals surface area contributed by atoms with Crippen molar-refractivity contribution < 1.29 is 9.59 Å². The van der Waals surface area contributed by atoms with E-state index in [1.165, 1.54) is 11.1 Å². The molecule has 122 valence electrons. The number of amides is 2. The number of hydrogen-bond donors (Lipinski definition) is 2. The van der Waals surface area contributed by atoms with Crippen LogP contribution in [-0.2, 0) is 22.6 Å². The lowest BCUT2D eigenvalue weighted by molar-refractivity contribution is -0.128. The molecule has 2 amide bonds. The molecule has 0 aromatic heterocycles. The Bertz CT molecular complexity index is 645. The lowest BCUT2D eigenvalue weighted by atomic mass is 9.95. The smallest absolute Gasteiger partial charge is 0.237 e. The molecule has 0 spiro atoms. The van der Waals surface area contributed by atoms with Crippen LogP contribution < -0.4 is 10.6 Å². The largest absolute Gasteiger partial charge is 0.350 e. The van der Waals surface area contributed by atoms with Crippen molar-refractivity contribution in [3.05, 3.63) is 35.4 Å². The van der Waals surface area contributed by atoms with E-state index in [9.17, 15) is 9.59 Å². The molecular formula is C18H23N3O2. The summed E-state index contributed by atoms with van der Waals surface area (Å²) in [4.78, 5) is 26.6. The molecule has 2 aliphatic heterocycles. The van der Waals surface area contributed by atoms with Crippen LogP contribution in [0.1, 0.15) is 30.9 Å². The summed E-state index contributed by atoms with van der Waals surface area (Å²) in [6.45, 7) is 3.57. The molecule has 5 heteroatoms. The zero-order valence-corrected chi connectivity index (χ0v) is 13.4. The Morgan fingerprint density at radius 2 is 2.00 bits per heavy atom. The topological polar surface area (TPSA) is 61.4 Å². The Kier molecular flexibility index (Phi) is 3.60. The van der Waals surface area contributed by atoms with Crippen LogP contribution in [0, 0.1) is 5.92 Å². The molecule has 0 radical (unpaired) electrons. The minimum absolute atomic E-state index is 0.0167. The van der Waals surface area contributed by atoms with Crippen molar-refractivity contribution in [2.75, 3.05) is 6.54 Å². The summed E-state index contributed by atoms with van der Waals surface area (Å²) in [6, 6.07) is 8.40. The second-order valence-corrected chi connectivity index (χ2v) is 7.14. The fraction of sp³-hybridized carbons (Fsp3) is 0.556. The number of carbonyl (C=O) groups excluding carboxylic acids is 2. The Morgan fingerprint density at radius 1 is 1.26 bits per heavy atom. The monoisotopic (exact) mass is 313 g/mol. The average Bonchev–Trinajstić information content (AvgIpc) is 3.16. The molecule has 0 unspecified atom stereocenters. The van der Waals surface area contributed by atoms with Gasteiger partial charge in [-0.3, -0.25) is 9.59 Å². The number of carbonyl (C=O) groups is 2. The van der Waals surface area contributed by atoms with E-state index in [4.69, 9.17) is 0 Å². The van der Waals surface area contributed by atoms with Gasteiger partial charge in [0.05, 0.1) is 12.1 Å². The van der Waals surface area contributed by atoms with Gasteiger partial charge in [0.15, 0.2) is 0 Å². The Balaban J connectivity index is 1.35. The molecule has 3 aliphatic rings. The summed E-state index contributed by atoms with van der Waals surface area (Å²) < 4.78 is 0. The minimum atomic E-state index is -0.200. The fourth-order valence-electron chi connectivity index (χ4n) is 3.83. The van der Waals surface area contributed by atoms with Crippen LogP contribution in [0.5, 0.6) is 0 Å². The van der Waals surface area contributed by atoms with E-state index in [0.29, 0.717) is 31.3 Å². The van der Waals surface area contributed by atoms with E-state index in [1.54, 1.807) is 0 Å². The molecule has 2 heterocycles. The highest BCUT2D eigenvalue weighted by molar-refractivity contribution is 5.85. The third-order valence-corrected chi connectivity index (χ3v) is 5.37.